The molecule has 0 radical (unpaired) electrons. The molecule has 0 fully saturated rings. The summed E-state index contributed by atoms with van der Waals surface area (Å²) in [6.07, 6.45) is 17.5. The van der Waals surface area contributed by atoms with E-state index in [1.807, 2.05) is 12.2 Å². The first-order valence-corrected chi connectivity index (χ1v) is 15.9. The molecule has 1 aliphatic rings. The predicted molar refractivity (Wildman–Crippen MR) is 172 cm³/mol. The quantitative estimate of drug-likeness (QED) is 0.213. The molecule has 1 aliphatic carbocycles. The Kier molecular flexibility index (Phi) is 16.8. The minimum absolute atomic E-state index is 0. The summed E-state index contributed by atoms with van der Waals surface area (Å²) in [5.74, 6) is 0. The summed E-state index contributed by atoms with van der Waals surface area (Å²) in [5.41, 5.74) is 5.67. The fourth-order valence-electron chi connectivity index (χ4n) is 4.85. The molecule has 0 saturated heterocycles. The molecule has 3 heteroatoms. The predicted octanol–water partition coefficient (Wildman–Crippen LogP) is 4.51. The summed E-state index contributed by atoms with van der Waals surface area (Å²) in [4.78, 5) is 0. The maximum atomic E-state index is 2.99. The van der Waals surface area contributed by atoms with Crippen LogP contribution >= 0.6 is 0 Å². The van der Waals surface area contributed by atoms with Gasteiger partial charge in [-0.05, 0) is 0 Å². The van der Waals surface area contributed by atoms with Crippen molar-refractivity contribution in [3.8, 4) is 0 Å². The van der Waals surface area contributed by atoms with Crippen LogP contribution in [0.1, 0.15) is 68.2 Å². The van der Waals surface area contributed by atoms with Gasteiger partial charge in [0.05, 0.1) is 0 Å². The van der Waals surface area contributed by atoms with Crippen LogP contribution < -0.4 is 24.8 Å². The molecule has 0 nitrogen and oxygen atoms in total. The molecule has 5 aromatic rings. The molecule has 42 heavy (non-hydrogen) atoms. The molecule has 0 saturated carbocycles. The van der Waals surface area contributed by atoms with E-state index < -0.39 is 0 Å². The van der Waals surface area contributed by atoms with Gasteiger partial charge >= 0.3 is 151 Å². The topological polar surface area (TPSA) is 0 Å². The first-order valence-electron chi connectivity index (χ1n) is 14.7. The number of unbranched alkanes of at least 4 members (excludes halogenated alkanes) is 2. The van der Waals surface area contributed by atoms with Crippen molar-refractivity contribution in [3.05, 3.63) is 150 Å². The fraction of sp³-hybridized carbons (Fsp3) is 0.231. The van der Waals surface area contributed by atoms with Gasteiger partial charge in [0, 0.05) is 0 Å². The molecule has 0 N–H and O–H groups in total. The Morgan fingerprint density at radius 3 is 1.48 bits per heavy atom. The van der Waals surface area contributed by atoms with E-state index in [0.717, 1.165) is 6.42 Å². The van der Waals surface area contributed by atoms with Gasteiger partial charge in [-0.15, -0.1) is 46.2 Å². The molecule has 0 heterocycles. The molecule has 0 unspecified atom stereocenters. The Labute approximate surface area is 280 Å². The van der Waals surface area contributed by atoms with E-state index in [2.05, 4.69) is 129 Å². The zero-order valence-corrected chi connectivity index (χ0v) is 28.7. The molecule has 0 spiro atoms. The molecule has 6 rings (SSSR count). The van der Waals surface area contributed by atoms with Crippen molar-refractivity contribution in [1.82, 2.24) is 0 Å². The van der Waals surface area contributed by atoms with Gasteiger partial charge in [-0.3, -0.25) is 6.08 Å². The van der Waals surface area contributed by atoms with Gasteiger partial charge in [-0.1, -0.05) is 36.4 Å². The summed E-state index contributed by atoms with van der Waals surface area (Å²) in [7, 11) is 0. The van der Waals surface area contributed by atoms with Crippen molar-refractivity contribution < 1.29 is 49.0 Å². The van der Waals surface area contributed by atoms with Crippen molar-refractivity contribution in [1.29, 1.82) is 0 Å². The summed E-state index contributed by atoms with van der Waals surface area (Å²) in [5, 5.41) is 5.39. The van der Waals surface area contributed by atoms with Crippen LogP contribution in [-0.2, 0) is 37.1 Å². The number of hydrogen-bond donors (Lipinski definition) is 0. The maximum Gasteiger partial charge on any atom is -0.0771 e. The van der Waals surface area contributed by atoms with Crippen molar-refractivity contribution in [2.45, 2.75) is 58.8 Å². The van der Waals surface area contributed by atoms with Crippen LogP contribution in [0.2, 0.25) is 0 Å². The minimum atomic E-state index is 0. The molecule has 0 aliphatic heterocycles. The molecule has 0 amide bonds. The Bertz CT molecular complexity index is 1430. The Morgan fingerprint density at radius 1 is 0.667 bits per heavy atom. The van der Waals surface area contributed by atoms with E-state index in [0.29, 0.717) is 0 Å². The average Bonchev–Trinajstić information content (AvgIpc) is 3.72. The normalized spacial score (nSPS) is 11.1. The van der Waals surface area contributed by atoms with Gasteiger partial charge in [0.25, 0.3) is 0 Å². The second-order valence-corrected chi connectivity index (χ2v) is 11.5. The standard InChI is InChI=1S/C21H26.C13H9.C5H5.2ClH.Zr/c1-3-5-7-18-9-13-20(14-10-18)17-21-15-11-19(12-16-21)8-6-4-2;1-3-7-12-10(5-1)9-11-6-2-4-8-13(11)12;1-2-4-5-3-1;;;/h9-16H,3-8H2,1-2H3;1-9H;1-3H,4H2;2*1H;/q;2*-1;;;+2/p-2. The number of fused-ring (bicyclic) bond motifs is 3. The average molecular weight is 671 g/mol. The minimum Gasteiger partial charge on any atom is -1.00 e. The maximum absolute atomic E-state index is 2.99. The van der Waals surface area contributed by atoms with E-state index >= 15 is 0 Å². The van der Waals surface area contributed by atoms with E-state index in [9.17, 15) is 0 Å². The number of hydrogen-bond acceptors (Lipinski definition) is 0. The SMILES string of the molecule is CCCCc1ccc([C](=[Zr+2])c2ccc(CCCC)cc2)cc1.[C-]1=CC=CC1.[Cl-].[Cl-].c1ccc2c(c1)[cH-]c1ccccc12. The smallest absolute Gasteiger partial charge is 0.0771 e. The third-order valence-corrected chi connectivity index (χ3v) is 8.65. The van der Waals surface area contributed by atoms with E-state index in [1.165, 1.54) is 110 Å². The van der Waals surface area contributed by atoms with Crippen LogP contribution in [0, 0.1) is 6.08 Å². The third kappa shape index (κ3) is 10.7. The summed E-state index contributed by atoms with van der Waals surface area (Å²) in [6, 6.07) is 37.6. The number of rotatable bonds is 8. The van der Waals surface area contributed by atoms with Crippen LogP contribution in [0.25, 0.3) is 21.5 Å². The van der Waals surface area contributed by atoms with Crippen molar-refractivity contribution in [2.24, 2.45) is 0 Å². The van der Waals surface area contributed by atoms with Crippen LogP contribution in [0.3, 0.4) is 0 Å². The van der Waals surface area contributed by atoms with Crippen LogP contribution in [-0.4, -0.2) is 3.21 Å². The van der Waals surface area contributed by atoms with Gasteiger partial charge in [0.15, 0.2) is 0 Å². The second-order valence-electron chi connectivity index (χ2n) is 10.3. The first-order chi connectivity index (χ1) is 19.7. The molecular weight excluding hydrogens is 631 g/mol. The number of allylic oxidation sites excluding steroid dienone is 4. The van der Waals surface area contributed by atoms with Gasteiger partial charge in [-0.2, -0.15) is 6.08 Å². The first kappa shape index (κ1) is 35.8. The molecule has 0 aromatic heterocycles. The Hall–Kier alpha value is -2.44. The second kappa shape index (κ2) is 19.7. The Morgan fingerprint density at radius 2 is 1.12 bits per heavy atom. The van der Waals surface area contributed by atoms with Gasteiger partial charge in [0.2, 0.25) is 0 Å². The van der Waals surface area contributed by atoms with Crippen molar-refractivity contribution in [3.63, 3.8) is 0 Å². The zero-order valence-electron chi connectivity index (χ0n) is 24.8. The third-order valence-electron chi connectivity index (χ3n) is 7.23. The summed E-state index contributed by atoms with van der Waals surface area (Å²) < 4.78 is 1.45. The molecule has 5 aromatic carbocycles. The molecular formula is C39H40Cl2Zr-2. The molecule has 0 atom stereocenters. The van der Waals surface area contributed by atoms with E-state index in [1.54, 1.807) is 0 Å². The van der Waals surface area contributed by atoms with Gasteiger partial charge in [-0.25, -0.2) is 12.2 Å². The fourth-order valence-corrected chi connectivity index (χ4v) is 5.67. The number of benzene rings is 4. The van der Waals surface area contributed by atoms with E-state index in [4.69, 9.17) is 0 Å². The van der Waals surface area contributed by atoms with Crippen molar-refractivity contribution >= 4 is 24.8 Å². The zero-order chi connectivity index (χ0) is 28.0. The van der Waals surface area contributed by atoms with Crippen LogP contribution in [0.15, 0.2) is 121 Å². The monoisotopic (exact) mass is 668 g/mol. The largest absolute Gasteiger partial charge is 1.00 e. The van der Waals surface area contributed by atoms with E-state index in [-0.39, 0.29) is 24.8 Å². The molecule has 216 valence electrons. The summed E-state index contributed by atoms with van der Waals surface area (Å²) >= 11 is 1.48. The number of halogens is 2. The number of aryl methyl sites for hydroxylation is 2. The van der Waals surface area contributed by atoms with Crippen molar-refractivity contribution in [2.75, 3.05) is 0 Å². The summed E-state index contributed by atoms with van der Waals surface area (Å²) in [6.45, 7) is 4.50. The molecule has 0 bridgehead atoms. The van der Waals surface area contributed by atoms with Gasteiger partial charge < -0.3 is 24.8 Å². The van der Waals surface area contributed by atoms with Gasteiger partial charge in [0.1, 0.15) is 0 Å². The van der Waals surface area contributed by atoms with Crippen LogP contribution in [0.5, 0.6) is 0 Å². The Balaban J connectivity index is 0.000000258. The van der Waals surface area contributed by atoms with Crippen LogP contribution in [0.4, 0.5) is 0 Å².